The van der Waals surface area contributed by atoms with Crippen LogP contribution in [0.5, 0.6) is 17.2 Å². The van der Waals surface area contributed by atoms with E-state index in [9.17, 15) is 31.6 Å². The number of aromatic hydroxyl groups is 2. The smallest absolute Gasteiger partial charge is 0.296 e. The molecular formula is C29H23N5O9S2. The zero-order valence-corrected chi connectivity index (χ0v) is 24.7. The summed E-state index contributed by atoms with van der Waals surface area (Å²) in [6.07, 6.45) is 0. The van der Waals surface area contributed by atoms with Crippen molar-refractivity contribution in [3.63, 3.8) is 0 Å². The average Bonchev–Trinajstić information content (AvgIpc) is 3.00. The predicted molar refractivity (Wildman–Crippen MR) is 164 cm³/mol. The second-order valence-corrected chi connectivity index (χ2v) is 12.2. The summed E-state index contributed by atoms with van der Waals surface area (Å²) < 4.78 is 71.4. The van der Waals surface area contributed by atoms with Gasteiger partial charge in [0.2, 0.25) is 0 Å². The molecule has 45 heavy (non-hydrogen) atoms. The Kier molecular flexibility index (Phi) is 8.47. The van der Waals surface area contributed by atoms with E-state index in [1.165, 1.54) is 25.3 Å². The number of nitrogens with zero attached hydrogens (tertiary/aromatic N) is 4. The molecule has 0 radical (unpaired) electrons. The summed E-state index contributed by atoms with van der Waals surface area (Å²) in [5.41, 5.74) is 0.863. The Morgan fingerprint density at radius 3 is 2.02 bits per heavy atom. The third-order valence-electron chi connectivity index (χ3n) is 6.33. The molecule has 5 rings (SSSR count). The summed E-state index contributed by atoms with van der Waals surface area (Å²) in [6, 6.07) is 22.3. The van der Waals surface area contributed by atoms with Gasteiger partial charge in [-0.15, -0.1) is 15.3 Å². The van der Waals surface area contributed by atoms with Crippen molar-refractivity contribution in [1.82, 2.24) is 0 Å². The maximum atomic E-state index is 12.3. The van der Waals surface area contributed by atoms with E-state index in [4.69, 9.17) is 9.29 Å². The zero-order valence-electron chi connectivity index (χ0n) is 23.1. The molecule has 230 valence electrons. The van der Waals surface area contributed by atoms with Crippen LogP contribution in [0, 0.1) is 0 Å². The van der Waals surface area contributed by atoms with E-state index in [1.54, 1.807) is 18.2 Å². The number of benzene rings is 5. The van der Waals surface area contributed by atoms with E-state index in [1.807, 2.05) is 30.3 Å². The van der Waals surface area contributed by atoms with Gasteiger partial charge in [-0.25, -0.2) is 0 Å². The van der Waals surface area contributed by atoms with Crippen LogP contribution < -0.4 is 10.1 Å². The van der Waals surface area contributed by atoms with Crippen molar-refractivity contribution in [2.24, 2.45) is 20.5 Å². The van der Waals surface area contributed by atoms with Gasteiger partial charge in [-0.3, -0.25) is 9.11 Å². The van der Waals surface area contributed by atoms with E-state index in [-0.39, 0.29) is 38.5 Å². The van der Waals surface area contributed by atoms with Crippen LogP contribution in [0.1, 0.15) is 0 Å². The maximum absolute atomic E-state index is 12.3. The van der Waals surface area contributed by atoms with Crippen molar-refractivity contribution in [3.05, 3.63) is 91.0 Å². The number of methoxy groups -OCH3 is 1. The molecule has 5 aromatic carbocycles. The van der Waals surface area contributed by atoms with Crippen LogP contribution >= 0.6 is 0 Å². The van der Waals surface area contributed by atoms with Crippen LogP contribution in [-0.2, 0) is 20.2 Å². The Bertz CT molecular complexity index is 2190. The molecule has 0 amide bonds. The first-order valence-corrected chi connectivity index (χ1v) is 15.6. The summed E-state index contributed by atoms with van der Waals surface area (Å²) in [6.45, 7) is 0. The van der Waals surface area contributed by atoms with Crippen molar-refractivity contribution in [2.75, 3.05) is 12.4 Å². The minimum absolute atomic E-state index is 0.0416. The zero-order chi connectivity index (χ0) is 32.4. The number of nitrogens with one attached hydrogen (secondary N) is 1. The van der Waals surface area contributed by atoms with E-state index in [0.717, 1.165) is 30.0 Å². The lowest BCUT2D eigenvalue weighted by atomic mass is 10.1. The number of fused-ring (bicyclic) bond motifs is 1. The molecule has 0 aliphatic rings. The summed E-state index contributed by atoms with van der Waals surface area (Å²) in [5.74, 6) is -0.983. The molecule has 0 bridgehead atoms. The average molecular weight is 650 g/mol. The topological polar surface area (TPSA) is 220 Å². The van der Waals surface area contributed by atoms with Gasteiger partial charge in [0.05, 0.1) is 17.7 Å². The second kappa shape index (κ2) is 12.3. The van der Waals surface area contributed by atoms with Crippen LogP contribution in [0.25, 0.3) is 10.8 Å². The monoisotopic (exact) mass is 649 g/mol. The molecule has 0 fully saturated rings. The van der Waals surface area contributed by atoms with Gasteiger partial charge in [-0.2, -0.15) is 21.9 Å². The number of ether oxygens (including phenoxy) is 1. The van der Waals surface area contributed by atoms with Crippen molar-refractivity contribution in [3.8, 4) is 17.2 Å². The van der Waals surface area contributed by atoms with Crippen LogP contribution in [0.3, 0.4) is 0 Å². The first-order valence-electron chi connectivity index (χ1n) is 12.7. The van der Waals surface area contributed by atoms with Crippen LogP contribution in [0.2, 0.25) is 0 Å². The molecule has 0 aromatic heterocycles. The van der Waals surface area contributed by atoms with Gasteiger partial charge < -0.3 is 20.3 Å². The number of anilines is 2. The number of rotatable bonds is 9. The molecule has 0 aliphatic heterocycles. The van der Waals surface area contributed by atoms with E-state index < -0.39 is 42.3 Å². The number of phenolic OH excluding ortho intramolecular Hbond substituents is 2. The minimum Gasteiger partial charge on any atom is -0.506 e. The van der Waals surface area contributed by atoms with Gasteiger partial charge >= 0.3 is 0 Å². The largest absolute Gasteiger partial charge is 0.506 e. The summed E-state index contributed by atoms with van der Waals surface area (Å²) >= 11 is 0. The molecule has 5 aromatic rings. The molecule has 16 heteroatoms. The summed E-state index contributed by atoms with van der Waals surface area (Å²) in [5, 5.41) is 40.9. The normalized spacial score (nSPS) is 12.2. The van der Waals surface area contributed by atoms with Crippen LogP contribution in [-0.4, -0.2) is 43.3 Å². The van der Waals surface area contributed by atoms with Gasteiger partial charge in [-0.1, -0.05) is 18.2 Å². The Hall–Kier alpha value is -5.42. The van der Waals surface area contributed by atoms with Crippen LogP contribution in [0.4, 0.5) is 34.1 Å². The molecule has 0 saturated heterocycles. The highest BCUT2D eigenvalue weighted by atomic mass is 32.2. The molecule has 0 unspecified atom stereocenters. The molecule has 0 saturated carbocycles. The van der Waals surface area contributed by atoms with Gasteiger partial charge in [0.15, 0.2) is 5.75 Å². The number of hydrogen-bond acceptors (Lipinski definition) is 12. The van der Waals surface area contributed by atoms with Crippen molar-refractivity contribution in [2.45, 2.75) is 9.79 Å². The minimum atomic E-state index is -4.89. The number of hydrogen-bond donors (Lipinski definition) is 5. The van der Waals surface area contributed by atoms with Gasteiger partial charge in [0, 0.05) is 28.9 Å². The number of phenols is 2. The fourth-order valence-electron chi connectivity index (χ4n) is 4.18. The van der Waals surface area contributed by atoms with E-state index in [0.29, 0.717) is 5.69 Å². The van der Waals surface area contributed by atoms with Gasteiger partial charge in [0.25, 0.3) is 20.2 Å². The molecule has 0 heterocycles. The lowest BCUT2D eigenvalue weighted by molar-refractivity contribution is 0.413. The summed E-state index contributed by atoms with van der Waals surface area (Å²) in [4.78, 5) is -1.05. The molecule has 0 atom stereocenters. The first kappa shape index (κ1) is 31.0. The Morgan fingerprint density at radius 2 is 1.38 bits per heavy atom. The molecule has 5 N–H and O–H groups in total. The quantitative estimate of drug-likeness (QED) is 0.0790. The standard InChI is InChI=1S/C29H23N5O9S2/c1-43-26-16-23(25(35)15-24(26)33-31-19-7-10-21(11-8-19)44(37,38)39)32-34-28-27(45(40,41)42)14-17-13-20(9-12-22(17)29(28)36)30-18-5-3-2-4-6-18/h2-16,30,35-36H,1H3,(H,37,38,39)(H,40,41,42). The number of para-hydroxylation sites is 1. The Balaban J connectivity index is 1.48. The fourth-order valence-corrected chi connectivity index (χ4v) is 5.32. The molecule has 0 spiro atoms. The Labute approximate surface area is 256 Å². The molecule has 14 nitrogen and oxygen atoms in total. The molecular weight excluding hydrogens is 626 g/mol. The first-order chi connectivity index (χ1) is 21.3. The highest BCUT2D eigenvalue weighted by Crippen LogP contribution is 2.44. The van der Waals surface area contributed by atoms with E-state index >= 15 is 0 Å². The third-order valence-corrected chi connectivity index (χ3v) is 8.07. The van der Waals surface area contributed by atoms with Crippen molar-refractivity contribution < 1.29 is 40.9 Å². The predicted octanol–water partition coefficient (Wildman–Crippen LogP) is 7.33. The molecule has 0 aliphatic carbocycles. The maximum Gasteiger partial charge on any atom is 0.296 e. The Morgan fingerprint density at radius 1 is 0.689 bits per heavy atom. The van der Waals surface area contributed by atoms with Crippen LogP contribution in [0.15, 0.2) is 121 Å². The van der Waals surface area contributed by atoms with Gasteiger partial charge in [0.1, 0.15) is 33.5 Å². The second-order valence-electron chi connectivity index (χ2n) is 9.36. The van der Waals surface area contributed by atoms with Crippen molar-refractivity contribution >= 4 is 65.1 Å². The van der Waals surface area contributed by atoms with Crippen molar-refractivity contribution in [1.29, 1.82) is 0 Å². The van der Waals surface area contributed by atoms with E-state index in [2.05, 4.69) is 25.8 Å². The summed E-state index contributed by atoms with van der Waals surface area (Å²) in [7, 11) is -7.97. The third kappa shape index (κ3) is 7.05. The van der Waals surface area contributed by atoms with Gasteiger partial charge in [-0.05, 0) is 66.0 Å². The fraction of sp³-hybridized carbons (Fsp3) is 0.0345. The highest BCUT2D eigenvalue weighted by molar-refractivity contribution is 7.86. The number of azo groups is 2. The lowest BCUT2D eigenvalue weighted by Crippen LogP contribution is -1.99. The lowest BCUT2D eigenvalue weighted by Gasteiger charge is -2.12. The highest BCUT2D eigenvalue weighted by Gasteiger charge is 2.22. The SMILES string of the molecule is COc1cc(N=Nc2c(S(=O)(=O)O)cc3cc(Nc4ccccc4)ccc3c2O)c(O)cc1N=Nc1ccc(S(=O)(=O)O)cc1.